The van der Waals surface area contributed by atoms with E-state index in [2.05, 4.69) is 5.32 Å². The lowest BCUT2D eigenvalue weighted by Gasteiger charge is -2.14. The van der Waals surface area contributed by atoms with E-state index in [9.17, 15) is 14.3 Å². The molecule has 29 heavy (non-hydrogen) atoms. The fourth-order valence-electron chi connectivity index (χ4n) is 3.05. The summed E-state index contributed by atoms with van der Waals surface area (Å²) in [7, 11) is 0. The predicted molar refractivity (Wildman–Crippen MR) is 110 cm³/mol. The molecule has 150 valence electrons. The summed E-state index contributed by atoms with van der Waals surface area (Å²) in [5.41, 5.74) is 2.45. The zero-order valence-corrected chi connectivity index (χ0v) is 16.2. The molecule has 0 aliphatic heterocycles. The minimum atomic E-state index is -0.668. The average Bonchev–Trinajstić information content (AvgIpc) is 3.44. The van der Waals surface area contributed by atoms with Gasteiger partial charge in [0.05, 0.1) is 5.60 Å². The van der Waals surface area contributed by atoms with Crippen LogP contribution in [0.15, 0.2) is 65.6 Å². The molecule has 1 saturated carbocycles. The molecule has 3 aromatic rings. The number of ether oxygens (including phenoxy) is 1. The van der Waals surface area contributed by atoms with Gasteiger partial charge in [0.15, 0.2) is 0 Å². The maximum absolute atomic E-state index is 13.0. The molecular weight excluding hydrogens is 371 g/mol. The van der Waals surface area contributed by atoms with Gasteiger partial charge in [0.25, 0.3) is 5.56 Å². The second kappa shape index (κ2) is 7.72. The normalized spacial score (nSPS) is 14.4. The fourth-order valence-corrected chi connectivity index (χ4v) is 3.05. The number of anilines is 1. The predicted octanol–water partition coefficient (Wildman–Crippen LogP) is 3.80. The van der Waals surface area contributed by atoms with Gasteiger partial charge in [0, 0.05) is 30.2 Å². The van der Waals surface area contributed by atoms with Crippen molar-refractivity contribution in [2.24, 2.45) is 0 Å². The van der Waals surface area contributed by atoms with E-state index in [1.165, 1.54) is 18.2 Å². The van der Waals surface area contributed by atoms with E-state index in [0.717, 1.165) is 29.7 Å². The second-order valence-corrected chi connectivity index (χ2v) is 7.57. The summed E-state index contributed by atoms with van der Waals surface area (Å²) < 4.78 is 20.3. The van der Waals surface area contributed by atoms with Crippen molar-refractivity contribution in [3.8, 4) is 11.4 Å². The molecule has 1 aliphatic carbocycles. The number of aryl methyl sites for hydroxylation is 1. The molecule has 5 nitrogen and oxygen atoms in total. The number of hydrogen-bond donors (Lipinski definition) is 2. The number of nitrogens with one attached hydrogen (secondary N) is 1. The fraction of sp³-hybridized carbons (Fsp3) is 0.261. The largest absolute Gasteiger partial charge is 0.490 e. The number of nitrogens with zero attached hydrogens (tertiary/aromatic N) is 1. The van der Waals surface area contributed by atoms with E-state index < -0.39 is 5.60 Å². The molecule has 1 aromatic heterocycles. The Morgan fingerprint density at radius 3 is 2.55 bits per heavy atom. The topological polar surface area (TPSA) is 63.5 Å². The molecule has 0 amide bonds. The number of halogens is 1. The molecule has 2 aromatic carbocycles. The quantitative estimate of drug-likeness (QED) is 0.640. The van der Waals surface area contributed by atoms with E-state index in [1.54, 1.807) is 22.9 Å². The van der Waals surface area contributed by atoms with Crippen molar-refractivity contribution >= 4 is 5.69 Å². The van der Waals surface area contributed by atoms with Gasteiger partial charge in [-0.05, 0) is 67.3 Å². The maximum Gasteiger partial charge on any atom is 0.257 e. The highest BCUT2D eigenvalue weighted by atomic mass is 19.1. The van der Waals surface area contributed by atoms with Crippen LogP contribution in [-0.2, 0) is 6.54 Å². The molecule has 0 unspecified atom stereocenters. The third-order valence-electron chi connectivity index (χ3n) is 5.09. The Morgan fingerprint density at radius 2 is 1.90 bits per heavy atom. The van der Waals surface area contributed by atoms with Crippen LogP contribution in [0.25, 0.3) is 5.69 Å². The first-order valence-electron chi connectivity index (χ1n) is 9.59. The van der Waals surface area contributed by atoms with E-state index in [4.69, 9.17) is 4.74 Å². The minimum absolute atomic E-state index is 0.158. The summed E-state index contributed by atoms with van der Waals surface area (Å²) in [5, 5.41) is 13.1. The molecule has 6 heteroatoms. The van der Waals surface area contributed by atoms with Gasteiger partial charge >= 0.3 is 0 Å². The van der Waals surface area contributed by atoms with Crippen LogP contribution in [0, 0.1) is 12.7 Å². The lowest BCUT2D eigenvalue weighted by molar-refractivity contribution is 0.0853. The molecule has 0 atom stereocenters. The molecule has 0 radical (unpaired) electrons. The van der Waals surface area contributed by atoms with Gasteiger partial charge in [-0.1, -0.05) is 12.1 Å². The van der Waals surface area contributed by atoms with Crippen molar-refractivity contribution in [3.63, 3.8) is 0 Å². The van der Waals surface area contributed by atoms with E-state index in [-0.39, 0.29) is 11.4 Å². The van der Waals surface area contributed by atoms with Crippen LogP contribution in [-0.4, -0.2) is 21.9 Å². The van der Waals surface area contributed by atoms with E-state index >= 15 is 0 Å². The van der Waals surface area contributed by atoms with Crippen LogP contribution in [0.3, 0.4) is 0 Å². The lowest BCUT2D eigenvalue weighted by atomic mass is 10.2. The summed E-state index contributed by atoms with van der Waals surface area (Å²) >= 11 is 0. The first kappa shape index (κ1) is 19.2. The third-order valence-corrected chi connectivity index (χ3v) is 5.09. The number of hydrogen-bond acceptors (Lipinski definition) is 4. The van der Waals surface area contributed by atoms with Crippen molar-refractivity contribution in [1.82, 2.24) is 4.57 Å². The van der Waals surface area contributed by atoms with Crippen LogP contribution in [0.5, 0.6) is 5.75 Å². The number of aliphatic hydroxyl groups is 1. The number of rotatable bonds is 7. The number of benzene rings is 2. The van der Waals surface area contributed by atoms with Crippen LogP contribution in [0.4, 0.5) is 10.1 Å². The van der Waals surface area contributed by atoms with Crippen molar-refractivity contribution in [2.45, 2.75) is 31.9 Å². The third kappa shape index (κ3) is 4.66. The van der Waals surface area contributed by atoms with Crippen LogP contribution in [0.1, 0.15) is 24.0 Å². The van der Waals surface area contributed by atoms with Crippen LogP contribution >= 0.6 is 0 Å². The van der Waals surface area contributed by atoms with Crippen molar-refractivity contribution < 1.29 is 14.2 Å². The minimum Gasteiger partial charge on any atom is -0.490 e. The van der Waals surface area contributed by atoms with Gasteiger partial charge in [-0.2, -0.15) is 0 Å². The number of pyridine rings is 1. The lowest BCUT2D eigenvalue weighted by Crippen LogP contribution is -2.19. The molecule has 2 N–H and O–H groups in total. The molecule has 0 saturated heterocycles. The second-order valence-electron chi connectivity index (χ2n) is 7.57. The van der Waals surface area contributed by atoms with Gasteiger partial charge in [-0.3, -0.25) is 9.36 Å². The monoisotopic (exact) mass is 394 g/mol. The summed E-state index contributed by atoms with van der Waals surface area (Å²) in [6.45, 7) is 2.71. The zero-order chi connectivity index (χ0) is 20.4. The van der Waals surface area contributed by atoms with Gasteiger partial charge in [-0.15, -0.1) is 0 Å². The zero-order valence-electron chi connectivity index (χ0n) is 16.2. The highest BCUT2D eigenvalue weighted by molar-refractivity contribution is 5.47. The van der Waals surface area contributed by atoms with Crippen molar-refractivity contribution in [3.05, 3.63) is 88.1 Å². The van der Waals surface area contributed by atoms with Crippen LogP contribution in [0.2, 0.25) is 0 Å². The van der Waals surface area contributed by atoms with Gasteiger partial charge in [0.1, 0.15) is 18.2 Å². The Balaban J connectivity index is 1.45. The van der Waals surface area contributed by atoms with E-state index in [1.807, 2.05) is 31.2 Å². The van der Waals surface area contributed by atoms with Crippen molar-refractivity contribution in [1.29, 1.82) is 0 Å². The Bertz CT molecular complexity index is 1070. The summed E-state index contributed by atoms with van der Waals surface area (Å²) in [4.78, 5) is 12.6. The SMILES string of the molecule is Cc1cc(-n2ccc(NCc3ccc(F)cc3)cc2=O)ccc1OCC1(O)CC1. The molecule has 1 fully saturated rings. The summed E-state index contributed by atoms with van der Waals surface area (Å²) in [6.07, 6.45) is 3.28. The Morgan fingerprint density at radius 1 is 1.14 bits per heavy atom. The van der Waals surface area contributed by atoms with Crippen molar-refractivity contribution in [2.75, 3.05) is 11.9 Å². The van der Waals surface area contributed by atoms with Crippen LogP contribution < -0.4 is 15.6 Å². The molecule has 1 heterocycles. The Labute approximate surface area is 168 Å². The van der Waals surface area contributed by atoms with Gasteiger partial charge < -0.3 is 15.2 Å². The molecule has 0 spiro atoms. The van der Waals surface area contributed by atoms with E-state index in [0.29, 0.717) is 24.6 Å². The maximum atomic E-state index is 13.0. The Kier molecular flexibility index (Phi) is 5.11. The standard InChI is InChI=1S/C23H23FN2O3/c1-16-12-20(6-7-21(16)29-15-23(28)9-10-23)26-11-8-19(13-22(26)27)25-14-17-2-4-18(24)5-3-17/h2-8,11-13,25,28H,9-10,14-15H2,1H3. The highest BCUT2D eigenvalue weighted by Gasteiger charge is 2.41. The summed E-state index contributed by atoms with van der Waals surface area (Å²) in [6, 6.07) is 15.1. The summed E-state index contributed by atoms with van der Waals surface area (Å²) in [5.74, 6) is 0.436. The first-order chi connectivity index (χ1) is 13.9. The van der Waals surface area contributed by atoms with Gasteiger partial charge in [0.2, 0.25) is 0 Å². The number of aromatic nitrogens is 1. The molecule has 0 bridgehead atoms. The molecule has 1 aliphatic rings. The molecular formula is C23H23FN2O3. The first-order valence-corrected chi connectivity index (χ1v) is 9.59. The smallest absolute Gasteiger partial charge is 0.257 e. The average molecular weight is 394 g/mol. The molecule has 4 rings (SSSR count). The Hall–Kier alpha value is -3.12. The van der Waals surface area contributed by atoms with Gasteiger partial charge in [-0.25, -0.2) is 4.39 Å². The highest BCUT2D eigenvalue weighted by Crippen LogP contribution is 2.35.